The van der Waals surface area contributed by atoms with E-state index in [0.717, 1.165) is 25.8 Å². The summed E-state index contributed by atoms with van der Waals surface area (Å²) < 4.78 is 0. The van der Waals surface area contributed by atoms with Crippen LogP contribution in [-0.2, 0) is 0 Å². The molecule has 5 nitrogen and oxygen atoms in total. The minimum Gasteiger partial charge on any atom is -0.342 e. The lowest BCUT2D eigenvalue weighted by molar-refractivity contribution is 0.0792. The van der Waals surface area contributed by atoms with Gasteiger partial charge in [0.1, 0.15) is 6.33 Å². The van der Waals surface area contributed by atoms with Crippen molar-refractivity contribution in [2.24, 2.45) is 5.73 Å². The zero-order valence-corrected chi connectivity index (χ0v) is 9.59. The molecule has 1 heterocycles. The molecule has 0 bridgehead atoms. The molecule has 0 fully saturated rings. The van der Waals surface area contributed by atoms with Crippen molar-refractivity contribution in [1.82, 2.24) is 14.9 Å². The molecule has 0 aromatic carbocycles. The van der Waals surface area contributed by atoms with E-state index in [1.807, 2.05) is 0 Å². The lowest BCUT2D eigenvalue weighted by Crippen LogP contribution is -2.28. The number of amides is 1. The molecule has 0 radical (unpaired) electrons. The van der Waals surface area contributed by atoms with Crippen LogP contribution in [0.5, 0.6) is 0 Å². The van der Waals surface area contributed by atoms with Crippen molar-refractivity contribution in [2.45, 2.75) is 19.3 Å². The molecule has 0 spiro atoms. The molecule has 1 aromatic heterocycles. The van der Waals surface area contributed by atoms with Crippen molar-refractivity contribution in [3.05, 3.63) is 24.3 Å². The Labute approximate surface area is 95.7 Å². The van der Waals surface area contributed by atoms with Gasteiger partial charge in [-0.3, -0.25) is 4.79 Å². The van der Waals surface area contributed by atoms with E-state index in [1.165, 1.54) is 18.7 Å². The van der Waals surface area contributed by atoms with Crippen LogP contribution in [0.25, 0.3) is 0 Å². The van der Waals surface area contributed by atoms with E-state index in [2.05, 4.69) is 9.97 Å². The van der Waals surface area contributed by atoms with Gasteiger partial charge in [0.15, 0.2) is 0 Å². The quantitative estimate of drug-likeness (QED) is 0.718. The summed E-state index contributed by atoms with van der Waals surface area (Å²) in [5.41, 5.74) is 5.93. The molecule has 5 heteroatoms. The van der Waals surface area contributed by atoms with Crippen LogP contribution in [0.15, 0.2) is 18.7 Å². The first kappa shape index (κ1) is 12.6. The van der Waals surface area contributed by atoms with Gasteiger partial charge >= 0.3 is 0 Å². The Hall–Kier alpha value is -1.49. The van der Waals surface area contributed by atoms with Gasteiger partial charge in [-0.15, -0.1) is 0 Å². The molecule has 0 saturated carbocycles. The highest BCUT2D eigenvalue weighted by Gasteiger charge is 2.10. The van der Waals surface area contributed by atoms with E-state index < -0.39 is 0 Å². The summed E-state index contributed by atoms with van der Waals surface area (Å²) in [6.45, 7) is 1.46. The number of nitrogens with two attached hydrogens (primary N) is 1. The van der Waals surface area contributed by atoms with E-state index in [4.69, 9.17) is 5.73 Å². The number of aromatic nitrogens is 2. The van der Waals surface area contributed by atoms with E-state index in [0.29, 0.717) is 12.1 Å². The predicted molar refractivity (Wildman–Crippen MR) is 61.9 cm³/mol. The van der Waals surface area contributed by atoms with Crippen LogP contribution in [0.3, 0.4) is 0 Å². The molecule has 0 aliphatic carbocycles. The smallest absolute Gasteiger partial charge is 0.256 e. The van der Waals surface area contributed by atoms with Gasteiger partial charge < -0.3 is 10.6 Å². The van der Waals surface area contributed by atoms with Crippen LogP contribution in [0.1, 0.15) is 29.6 Å². The van der Waals surface area contributed by atoms with Crippen molar-refractivity contribution in [1.29, 1.82) is 0 Å². The molecule has 1 amide bonds. The first-order valence-corrected chi connectivity index (χ1v) is 5.46. The van der Waals surface area contributed by atoms with Gasteiger partial charge in [-0.05, 0) is 19.4 Å². The zero-order chi connectivity index (χ0) is 11.8. The summed E-state index contributed by atoms with van der Waals surface area (Å²) >= 11 is 0. The maximum atomic E-state index is 11.8. The van der Waals surface area contributed by atoms with Gasteiger partial charge in [-0.2, -0.15) is 0 Å². The number of carbonyl (C=O) groups is 1. The number of rotatable bonds is 6. The third kappa shape index (κ3) is 3.94. The van der Waals surface area contributed by atoms with Crippen molar-refractivity contribution in [3.8, 4) is 0 Å². The molecule has 0 aliphatic rings. The van der Waals surface area contributed by atoms with Crippen molar-refractivity contribution in [2.75, 3.05) is 20.1 Å². The standard InChI is InChI=1S/C11H18N4O/c1-15(6-4-2-3-5-12)11(16)10-7-13-9-14-8-10/h7-9H,2-6,12H2,1H3. The second kappa shape index (κ2) is 6.90. The monoisotopic (exact) mass is 222 g/mol. The van der Waals surface area contributed by atoms with Crippen LogP contribution in [0.2, 0.25) is 0 Å². The molecular weight excluding hydrogens is 204 g/mol. The summed E-state index contributed by atoms with van der Waals surface area (Å²) in [4.78, 5) is 21.2. The highest BCUT2D eigenvalue weighted by Crippen LogP contribution is 2.02. The molecule has 1 aromatic rings. The summed E-state index contributed by atoms with van der Waals surface area (Å²) in [5, 5.41) is 0. The van der Waals surface area contributed by atoms with Gasteiger partial charge in [0, 0.05) is 26.0 Å². The normalized spacial score (nSPS) is 10.1. The lowest BCUT2D eigenvalue weighted by atomic mass is 10.2. The molecule has 0 saturated heterocycles. The van der Waals surface area contributed by atoms with E-state index >= 15 is 0 Å². The molecular formula is C11H18N4O. The molecule has 0 unspecified atom stereocenters. The Bertz CT molecular complexity index is 315. The predicted octanol–water partition coefficient (Wildman–Crippen LogP) is 0.678. The van der Waals surface area contributed by atoms with Gasteiger partial charge in [0.25, 0.3) is 5.91 Å². The van der Waals surface area contributed by atoms with Crippen LogP contribution < -0.4 is 5.73 Å². The Morgan fingerprint density at radius 3 is 2.62 bits per heavy atom. The highest BCUT2D eigenvalue weighted by molar-refractivity contribution is 5.93. The first-order chi connectivity index (χ1) is 7.75. The average Bonchev–Trinajstić information content (AvgIpc) is 2.34. The Balaban J connectivity index is 2.37. The topological polar surface area (TPSA) is 72.1 Å². The van der Waals surface area contributed by atoms with Gasteiger partial charge in [-0.1, -0.05) is 6.42 Å². The molecule has 0 atom stereocenters. The third-order valence-corrected chi connectivity index (χ3v) is 2.35. The molecule has 2 N–H and O–H groups in total. The molecule has 88 valence electrons. The Morgan fingerprint density at radius 2 is 2.00 bits per heavy atom. The van der Waals surface area contributed by atoms with Crippen LogP contribution in [0.4, 0.5) is 0 Å². The molecule has 1 rings (SSSR count). The van der Waals surface area contributed by atoms with Crippen molar-refractivity contribution >= 4 is 5.91 Å². The van der Waals surface area contributed by atoms with E-state index in [9.17, 15) is 4.79 Å². The largest absolute Gasteiger partial charge is 0.342 e. The summed E-state index contributed by atoms with van der Waals surface area (Å²) in [6.07, 6.45) is 7.53. The van der Waals surface area contributed by atoms with Gasteiger partial charge in [0.2, 0.25) is 0 Å². The fraction of sp³-hybridized carbons (Fsp3) is 0.545. The van der Waals surface area contributed by atoms with Crippen molar-refractivity contribution in [3.63, 3.8) is 0 Å². The maximum absolute atomic E-state index is 11.8. The first-order valence-electron chi connectivity index (χ1n) is 5.46. The number of carbonyl (C=O) groups excluding carboxylic acids is 1. The van der Waals surface area contributed by atoms with Gasteiger partial charge in [0.05, 0.1) is 5.56 Å². The van der Waals surface area contributed by atoms with Crippen LogP contribution >= 0.6 is 0 Å². The molecule has 0 aliphatic heterocycles. The lowest BCUT2D eigenvalue weighted by Gasteiger charge is -2.16. The number of unbranched alkanes of at least 4 members (excludes halogenated alkanes) is 2. The van der Waals surface area contributed by atoms with Gasteiger partial charge in [-0.25, -0.2) is 9.97 Å². The summed E-state index contributed by atoms with van der Waals surface area (Å²) in [5.74, 6) is -0.0339. The Kier molecular flexibility index (Phi) is 5.42. The number of hydrogen-bond donors (Lipinski definition) is 1. The average molecular weight is 222 g/mol. The van der Waals surface area contributed by atoms with Crippen LogP contribution in [0, 0.1) is 0 Å². The minimum absolute atomic E-state index is 0.0339. The maximum Gasteiger partial charge on any atom is 0.256 e. The van der Waals surface area contributed by atoms with E-state index in [-0.39, 0.29) is 5.91 Å². The minimum atomic E-state index is -0.0339. The second-order valence-electron chi connectivity index (χ2n) is 3.70. The SMILES string of the molecule is CN(CCCCCN)C(=O)c1cncnc1. The highest BCUT2D eigenvalue weighted by atomic mass is 16.2. The number of hydrogen-bond acceptors (Lipinski definition) is 4. The summed E-state index contributed by atoms with van der Waals surface area (Å²) in [7, 11) is 1.79. The van der Waals surface area contributed by atoms with Crippen LogP contribution in [-0.4, -0.2) is 40.9 Å². The Morgan fingerprint density at radius 1 is 1.31 bits per heavy atom. The van der Waals surface area contributed by atoms with E-state index in [1.54, 1.807) is 11.9 Å². The second-order valence-corrected chi connectivity index (χ2v) is 3.70. The fourth-order valence-electron chi connectivity index (χ4n) is 1.40. The zero-order valence-electron chi connectivity index (χ0n) is 9.59. The molecule has 16 heavy (non-hydrogen) atoms. The number of nitrogens with zero attached hydrogens (tertiary/aromatic N) is 3. The third-order valence-electron chi connectivity index (χ3n) is 2.35. The fourth-order valence-corrected chi connectivity index (χ4v) is 1.40. The van der Waals surface area contributed by atoms with Crippen molar-refractivity contribution < 1.29 is 4.79 Å². The summed E-state index contributed by atoms with van der Waals surface area (Å²) in [6, 6.07) is 0.